The van der Waals surface area contributed by atoms with Gasteiger partial charge in [-0.2, -0.15) is 0 Å². The summed E-state index contributed by atoms with van der Waals surface area (Å²) in [5.41, 5.74) is 0. The Morgan fingerprint density at radius 3 is 2.67 bits per heavy atom. The summed E-state index contributed by atoms with van der Waals surface area (Å²) >= 11 is 0. The Hall–Kier alpha value is -0.160. The highest BCUT2D eigenvalue weighted by Gasteiger charge is 2.17. The van der Waals surface area contributed by atoms with Crippen molar-refractivity contribution in [3.8, 4) is 0 Å². The molecule has 4 heteroatoms. The Morgan fingerprint density at radius 1 is 1.28 bits per heavy atom. The zero-order valence-electron chi connectivity index (χ0n) is 11.7. The van der Waals surface area contributed by atoms with Crippen LogP contribution in [0.1, 0.15) is 65.2 Å². The van der Waals surface area contributed by atoms with Gasteiger partial charge < -0.3 is 19.7 Å². The zero-order chi connectivity index (χ0) is 13.4. The lowest BCUT2D eigenvalue weighted by atomic mass is 10.1. The minimum atomic E-state index is -1.52. The van der Waals surface area contributed by atoms with Crippen LogP contribution >= 0.6 is 0 Å². The van der Waals surface area contributed by atoms with E-state index < -0.39 is 5.79 Å². The van der Waals surface area contributed by atoms with Crippen molar-refractivity contribution in [2.75, 3.05) is 6.61 Å². The van der Waals surface area contributed by atoms with E-state index in [1.165, 1.54) is 13.3 Å². The molecule has 0 bridgehead atoms. The molecule has 0 saturated carbocycles. The fraction of sp³-hybridized carbons (Fsp3) is 1.00. The molecule has 108 valence electrons. The fourth-order valence-corrected chi connectivity index (χ4v) is 2.21. The molecule has 1 aliphatic heterocycles. The quantitative estimate of drug-likeness (QED) is 0.520. The van der Waals surface area contributed by atoms with Gasteiger partial charge in [0, 0.05) is 13.0 Å². The second-order valence-corrected chi connectivity index (χ2v) is 5.56. The van der Waals surface area contributed by atoms with Gasteiger partial charge in [0.15, 0.2) is 12.1 Å². The molecule has 1 aliphatic rings. The van der Waals surface area contributed by atoms with Crippen LogP contribution in [0.4, 0.5) is 0 Å². The van der Waals surface area contributed by atoms with E-state index in [0.717, 1.165) is 45.1 Å². The lowest BCUT2D eigenvalue weighted by Crippen LogP contribution is -2.26. The summed E-state index contributed by atoms with van der Waals surface area (Å²) in [5.74, 6) is -1.52. The summed E-state index contributed by atoms with van der Waals surface area (Å²) in [6, 6.07) is 0. The molecule has 0 aromatic rings. The van der Waals surface area contributed by atoms with Crippen LogP contribution in [0, 0.1) is 0 Å². The van der Waals surface area contributed by atoms with Crippen LogP contribution in [0.3, 0.4) is 0 Å². The van der Waals surface area contributed by atoms with Crippen molar-refractivity contribution >= 4 is 0 Å². The van der Waals surface area contributed by atoms with Gasteiger partial charge in [0.2, 0.25) is 0 Å². The maximum Gasteiger partial charge on any atom is 0.159 e. The van der Waals surface area contributed by atoms with E-state index in [4.69, 9.17) is 19.7 Å². The first-order chi connectivity index (χ1) is 8.47. The monoisotopic (exact) mass is 260 g/mol. The van der Waals surface area contributed by atoms with E-state index in [2.05, 4.69) is 6.92 Å². The van der Waals surface area contributed by atoms with Gasteiger partial charge in [0.05, 0.1) is 6.10 Å². The van der Waals surface area contributed by atoms with Gasteiger partial charge in [-0.25, -0.2) is 0 Å². The van der Waals surface area contributed by atoms with Crippen molar-refractivity contribution in [2.24, 2.45) is 0 Å². The maximum atomic E-state index is 9.16. The summed E-state index contributed by atoms with van der Waals surface area (Å²) in [7, 11) is 0. The zero-order valence-corrected chi connectivity index (χ0v) is 11.7. The molecule has 0 aromatic heterocycles. The van der Waals surface area contributed by atoms with Gasteiger partial charge in [0.1, 0.15) is 0 Å². The van der Waals surface area contributed by atoms with Gasteiger partial charge in [-0.15, -0.1) is 0 Å². The van der Waals surface area contributed by atoms with Crippen molar-refractivity contribution in [2.45, 2.75) is 83.4 Å². The molecule has 0 aliphatic carbocycles. The Morgan fingerprint density at radius 2 is 2.06 bits per heavy atom. The van der Waals surface area contributed by atoms with Gasteiger partial charge in [-0.05, 0) is 46.0 Å². The van der Waals surface area contributed by atoms with E-state index in [1.54, 1.807) is 0 Å². The molecule has 0 radical (unpaired) electrons. The first-order valence-electron chi connectivity index (χ1n) is 7.19. The molecule has 1 fully saturated rings. The molecule has 2 N–H and O–H groups in total. The highest BCUT2D eigenvalue weighted by Crippen LogP contribution is 2.18. The molecule has 4 nitrogen and oxygen atoms in total. The van der Waals surface area contributed by atoms with Crippen molar-refractivity contribution in [3.63, 3.8) is 0 Å². The van der Waals surface area contributed by atoms with Crippen LogP contribution in [-0.2, 0) is 9.47 Å². The minimum Gasteiger partial charge on any atom is -0.366 e. The minimum absolute atomic E-state index is 0.00748. The van der Waals surface area contributed by atoms with Crippen LogP contribution in [-0.4, -0.2) is 35.0 Å². The standard InChI is InChI=1S/C14H28O4/c1-12(18-13-9-5-7-11-17-13)8-4-3-6-10-14(2,15)16/h12-13,15-16H,3-11H2,1-2H3. The number of ether oxygens (including phenoxy) is 2. The highest BCUT2D eigenvalue weighted by molar-refractivity contribution is 4.60. The average molecular weight is 260 g/mol. The molecule has 1 rings (SSSR count). The fourth-order valence-electron chi connectivity index (χ4n) is 2.21. The third-order valence-electron chi connectivity index (χ3n) is 3.28. The molecule has 2 atom stereocenters. The first-order valence-corrected chi connectivity index (χ1v) is 7.19. The highest BCUT2D eigenvalue weighted by atomic mass is 16.7. The molecule has 0 spiro atoms. The molecule has 2 unspecified atom stereocenters. The van der Waals surface area contributed by atoms with Crippen LogP contribution in [0.2, 0.25) is 0 Å². The summed E-state index contributed by atoms with van der Waals surface area (Å²) in [5, 5.41) is 18.3. The number of unbranched alkanes of at least 4 members (excludes halogenated alkanes) is 2. The van der Waals surface area contributed by atoms with Crippen LogP contribution < -0.4 is 0 Å². The first kappa shape index (κ1) is 15.9. The molecular formula is C14H28O4. The second kappa shape index (κ2) is 8.10. The third-order valence-corrected chi connectivity index (χ3v) is 3.28. The SMILES string of the molecule is CC(CCCCCC(C)(O)O)OC1CCCCO1. The predicted octanol–water partition coefficient (Wildman–Crippen LogP) is 2.57. The van der Waals surface area contributed by atoms with Gasteiger partial charge >= 0.3 is 0 Å². The van der Waals surface area contributed by atoms with Gasteiger partial charge in [0.25, 0.3) is 0 Å². The van der Waals surface area contributed by atoms with Crippen molar-refractivity contribution in [1.29, 1.82) is 0 Å². The summed E-state index contributed by atoms with van der Waals surface area (Å²) in [6.45, 7) is 4.34. The molecule has 0 amide bonds. The summed E-state index contributed by atoms with van der Waals surface area (Å²) in [6.07, 6.45) is 7.93. The molecule has 1 saturated heterocycles. The predicted molar refractivity (Wildman–Crippen MR) is 70.1 cm³/mol. The van der Waals surface area contributed by atoms with Crippen LogP contribution in [0.15, 0.2) is 0 Å². The maximum absolute atomic E-state index is 9.16. The summed E-state index contributed by atoms with van der Waals surface area (Å²) in [4.78, 5) is 0. The molecule has 0 aromatic carbocycles. The second-order valence-electron chi connectivity index (χ2n) is 5.56. The van der Waals surface area contributed by atoms with E-state index in [-0.39, 0.29) is 12.4 Å². The van der Waals surface area contributed by atoms with Crippen molar-refractivity contribution < 1.29 is 19.7 Å². The molecule has 1 heterocycles. The number of rotatable bonds is 8. The Balaban J connectivity index is 1.97. The number of aliphatic hydroxyl groups is 2. The van der Waals surface area contributed by atoms with E-state index in [0.29, 0.717) is 6.42 Å². The van der Waals surface area contributed by atoms with Crippen LogP contribution in [0.25, 0.3) is 0 Å². The van der Waals surface area contributed by atoms with E-state index >= 15 is 0 Å². The van der Waals surface area contributed by atoms with Crippen molar-refractivity contribution in [1.82, 2.24) is 0 Å². The Bertz CT molecular complexity index is 206. The lowest BCUT2D eigenvalue weighted by Gasteiger charge is -2.26. The third kappa shape index (κ3) is 8.03. The van der Waals surface area contributed by atoms with E-state index in [9.17, 15) is 0 Å². The smallest absolute Gasteiger partial charge is 0.159 e. The molecular weight excluding hydrogens is 232 g/mol. The van der Waals surface area contributed by atoms with Gasteiger partial charge in [-0.3, -0.25) is 0 Å². The lowest BCUT2D eigenvalue weighted by molar-refractivity contribution is -0.185. The van der Waals surface area contributed by atoms with Gasteiger partial charge in [-0.1, -0.05) is 12.8 Å². The summed E-state index contributed by atoms with van der Waals surface area (Å²) < 4.78 is 11.4. The Kier molecular flexibility index (Phi) is 7.15. The normalized spacial score (nSPS) is 23.0. The molecule has 18 heavy (non-hydrogen) atoms. The van der Waals surface area contributed by atoms with Crippen molar-refractivity contribution in [3.05, 3.63) is 0 Å². The number of hydrogen-bond acceptors (Lipinski definition) is 4. The topological polar surface area (TPSA) is 58.9 Å². The largest absolute Gasteiger partial charge is 0.366 e. The number of hydrogen-bond donors (Lipinski definition) is 2. The van der Waals surface area contributed by atoms with Crippen LogP contribution in [0.5, 0.6) is 0 Å². The van der Waals surface area contributed by atoms with E-state index in [1.807, 2.05) is 0 Å². The average Bonchev–Trinajstić information content (AvgIpc) is 2.28. The Labute approximate surface area is 110 Å².